The van der Waals surface area contributed by atoms with Gasteiger partial charge in [0.05, 0.1) is 21.6 Å². The van der Waals surface area contributed by atoms with Gasteiger partial charge in [-0.3, -0.25) is 4.40 Å². The molecule has 1 fully saturated rings. The van der Waals surface area contributed by atoms with Crippen molar-refractivity contribution >= 4 is 45.7 Å². The number of rotatable bonds is 2. The van der Waals surface area contributed by atoms with E-state index in [0.29, 0.717) is 50.9 Å². The minimum atomic E-state index is -4.45. The number of alkyl halides is 3. The van der Waals surface area contributed by atoms with Crippen molar-refractivity contribution in [3.05, 3.63) is 63.6 Å². The van der Waals surface area contributed by atoms with Crippen molar-refractivity contribution in [1.29, 1.82) is 5.26 Å². The lowest BCUT2D eigenvalue weighted by atomic mass is 9.99. The molecule has 0 radical (unpaired) electrons. The van der Waals surface area contributed by atoms with Crippen LogP contribution in [0.15, 0.2) is 42.5 Å². The fourth-order valence-electron chi connectivity index (χ4n) is 4.44. The molecule has 1 aliphatic heterocycles. The van der Waals surface area contributed by atoms with Gasteiger partial charge in [-0.1, -0.05) is 35.3 Å². The second kappa shape index (κ2) is 8.35. The molecule has 0 bridgehead atoms. The number of nitrogens with zero attached hydrogens (tertiary/aromatic N) is 4. The third-order valence-electron chi connectivity index (χ3n) is 6.16. The number of fused-ring (bicyclic) bond motifs is 3. The fourth-order valence-corrected chi connectivity index (χ4v) is 5.01. The van der Waals surface area contributed by atoms with Crippen molar-refractivity contribution < 1.29 is 13.2 Å². The average Bonchev–Trinajstić information content (AvgIpc) is 3.17. The second-order valence-electron chi connectivity index (χ2n) is 8.33. The fraction of sp³-hybridized carbons (Fsp3) is 0.250. The zero-order valence-corrected chi connectivity index (χ0v) is 19.2. The maximum atomic E-state index is 13.1. The molecule has 2 aromatic carbocycles. The topological polar surface area (TPSA) is 70.3 Å². The predicted molar refractivity (Wildman–Crippen MR) is 127 cm³/mol. The van der Waals surface area contributed by atoms with Gasteiger partial charge in [0.2, 0.25) is 0 Å². The number of anilines is 1. The van der Waals surface area contributed by atoms with Gasteiger partial charge < -0.3 is 10.6 Å². The molecule has 0 saturated carbocycles. The lowest BCUT2D eigenvalue weighted by molar-refractivity contribution is -0.137. The van der Waals surface area contributed by atoms with Crippen molar-refractivity contribution in [2.45, 2.75) is 25.1 Å². The van der Waals surface area contributed by atoms with Gasteiger partial charge in [0.15, 0.2) is 5.65 Å². The minimum absolute atomic E-state index is 0.0985. The van der Waals surface area contributed by atoms with Crippen LogP contribution < -0.4 is 10.6 Å². The molecular weight excluding hydrogens is 486 g/mol. The van der Waals surface area contributed by atoms with Crippen LogP contribution in [0.4, 0.5) is 19.0 Å². The van der Waals surface area contributed by atoms with Crippen molar-refractivity contribution in [2.75, 3.05) is 18.0 Å². The summed E-state index contributed by atoms with van der Waals surface area (Å²) in [6, 6.07) is 12.2. The SMILES string of the molecule is N#Cc1c(-c2ccc(C(F)(F)F)cc2)cc(N2CCC(N)CC2)n2c1nc1cc(Cl)cc(Cl)c12. The van der Waals surface area contributed by atoms with Crippen molar-refractivity contribution in [3.8, 4) is 17.2 Å². The Kier molecular flexibility index (Phi) is 5.59. The molecule has 1 saturated heterocycles. The van der Waals surface area contributed by atoms with Crippen molar-refractivity contribution in [2.24, 2.45) is 5.73 Å². The molecule has 2 N–H and O–H groups in total. The van der Waals surface area contributed by atoms with Gasteiger partial charge >= 0.3 is 6.18 Å². The summed E-state index contributed by atoms with van der Waals surface area (Å²) >= 11 is 12.7. The summed E-state index contributed by atoms with van der Waals surface area (Å²) in [6.45, 7) is 1.36. The first-order chi connectivity index (χ1) is 16.2. The van der Waals surface area contributed by atoms with E-state index in [1.54, 1.807) is 12.1 Å². The lowest BCUT2D eigenvalue weighted by Crippen LogP contribution is -2.40. The summed E-state index contributed by atoms with van der Waals surface area (Å²) in [7, 11) is 0. The number of hydrogen-bond donors (Lipinski definition) is 1. The quantitative estimate of drug-likeness (QED) is 0.349. The van der Waals surface area contributed by atoms with Crippen LogP contribution in [0, 0.1) is 11.3 Å². The highest BCUT2D eigenvalue weighted by molar-refractivity contribution is 6.38. The number of benzene rings is 2. The summed E-state index contributed by atoms with van der Waals surface area (Å²) in [5.74, 6) is 0.738. The third-order valence-corrected chi connectivity index (χ3v) is 6.67. The molecule has 0 aliphatic carbocycles. The van der Waals surface area contributed by atoms with E-state index in [2.05, 4.69) is 16.0 Å². The van der Waals surface area contributed by atoms with Crippen LogP contribution in [-0.4, -0.2) is 28.5 Å². The van der Waals surface area contributed by atoms with Crippen LogP contribution in [-0.2, 0) is 6.18 Å². The zero-order valence-electron chi connectivity index (χ0n) is 17.7. The van der Waals surface area contributed by atoms with E-state index in [1.807, 2.05) is 10.5 Å². The maximum absolute atomic E-state index is 13.1. The molecule has 4 aromatic rings. The largest absolute Gasteiger partial charge is 0.416 e. The summed E-state index contributed by atoms with van der Waals surface area (Å²) in [5, 5.41) is 10.9. The minimum Gasteiger partial charge on any atom is -0.358 e. The Morgan fingerprint density at radius 2 is 1.74 bits per heavy atom. The molecule has 174 valence electrons. The van der Waals surface area contributed by atoms with Crippen LogP contribution in [0.5, 0.6) is 0 Å². The molecule has 2 aromatic heterocycles. The number of nitriles is 1. The zero-order chi connectivity index (χ0) is 24.2. The van der Waals surface area contributed by atoms with E-state index >= 15 is 0 Å². The van der Waals surface area contributed by atoms with E-state index in [-0.39, 0.29) is 11.6 Å². The van der Waals surface area contributed by atoms with Gasteiger partial charge in [-0.25, -0.2) is 4.98 Å². The van der Waals surface area contributed by atoms with E-state index in [4.69, 9.17) is 28.9 Å². The Labute approximate surface area is 203 Å². The molecular formula is C24H18Cl2F3N5. The molecule has 0 unspecified atom stereocenters. The smallest absolute Gasteiger partial charge is 0.358 e. The number of pyridine rings is 1. The standard InChI is InChI=1S/C24H18Cl2F3N5/c25-15-9-19(26)22-20(10-15)32-23-18(12-30)17(13-1-3-14(4-2-13)24(27,28)29)11-21(34(22)23)33-7-5-16(31)6-8-33/h1-4,9-11,16H,5-8,31H2. The van der Waals surface area contributed by atoms with E-state index in [0.717, 1.165) is 30.8 Å². The van der Waals surface area contributed by atoms with Crippen LogP contribution in [0.25, 0.3) is 27.8 Å². The first-order valence-electron chi connectivity index (χ1n) is 10.6. The molecule has 0 spiro atoms. The number of imidazole rings is 1. The van der Waals surface area contributed by atoms with E-state index < -0.39 is 11.7 Å². The third kappa shape index (κ3) is 3.84. The predicted octanol–water partition coefficient (Wildman–Crippen LogP) is 6.28. The number of nitrogens with two attached hydrogens (primary N) is 1. The summed E-state index contributed by atoms with van der Waals surface area (Å²) in [4.78, 5) is 6.80. The van der Waals surface area contributed by atoms with Crippen LogP contribution in [0.3, 0.4) is 0 Å². The highest BCUT2D eigenvalue weighted by Crippen LogP contribution is 2.39. The molecule has 34 heavy (non-hydrogen) atoms. The Balaban J connectivity index is 1.81. The van der Waals surface area contributed by atoms with Gasteiger partial charge in [0.25, 0.3) is 0 Å². The van der Waals surface area contributed by atoms with Crippen molar-refractivity contribution in [1.82, 2.24) is 9.38 Å². The van der Waals surface area contributed by atoms with Gasteiger partial charge in [0, 0.05) is 29.7 Å². The van der Waals surface area contributed by atoms with Crippen LogP contribution in [0.1, 0.15) is 24.0 Å². The van der Waals surface area contributed by atoms with Crippen LogP contribution >= 0.6 is 23.2 Å². The van der Waals surface area contributed by atoms with E-state index in [9.17, 15) is 18.4 Å². The summed E-state index contributed by atoms with van der Waals surface area (Å²) in [5.41, 5.74) is 8.05. The Hall–Kier alpha value is -2.99. The summed E-state index contributed by atoms with van der Waals surface area (Å²) in [6.07, 6.45) is -2.89. The maximum Gasteiger partial charge on any atom is 0.416 e. The molecule has 0 atom stereocenters. The average molecular weight is 504 g/mol. The number of aromatic nitrogens is 2. The molecule has 3 heterocycles. The second-order valence-corrected chi connectivity index (χ2v) is 9.17. The molecule has 5 rings (SSSR count). The first-order valence-corrected chi connectivity index (χ1v) is 11.4. The summed E-state index contributed by atoms with van der Waals surface area (Å²) < 4.78 is 41.1. The monoisotopic (exact) mass is 503 g/mol. The Bertz CT molecular complexity index is 1450. The molecule has 5 nitrogen and oxygen atoms in total. The Morgan fingerprint density at radius 3 is 2.35 bits per heavy atom. The Morgan fingerprint density at radius 1 is 1.06 bits per heavy atom. The number of hydrogen-bond acceptors (Lipinski definition) is 4. The number of piperidine rings is 1. The normalized spacial score (nSPS) is 15.3. The molecule has 0 amide bonds. The molecule has 1 aliphatic rings. The molecule has 10 heteroatoms. The van der Waals surface area contributed by atoms with E-state index in [1.165, 1.54) is 12.1 Å². The van der Waals surface area contributed by atoms with Gasteiger partial charge in [-0.05, 0) is 48.7 Å². The van der Waals surface area contributed by atoms with Gasteiger partial charge in [-0.2, -0.15) is 18.4 Å². The van der Waals surface area contributed by atoms with Gasteiger partial charge in [-0.15, -0.1) is 0 Å². The highest BCUT2D eigenvalue weighted by Gasteiger charge is 2.30. The number of halogens is 5. The van der Waals surface area contributed by atoms with Crippen molar-refractivity contribution in [3.63, 3.8) is 0 Å². The lowest BCUT2D eigenvalue weighted by Gasteiger charge is -2.33. The highest BCUT2D eigenvalue weighted by atomic mass is 35.5. The van der Waals surface area contributed by atoms with Crippen LogP contribution in [0.2, 0.25) is 10.0 Å². The van der Waals surface area contributed by atoms with Gasteiger partial charge in [0.1, 0.15) is 17.5 Å². The first kappa shape index (κ1) is 22.8.